The Balaban J connectivity index is 1.64. The fourth-order valence-electron chi connectivity index (χ4n) is 3.32. The van der Waals surface area contributed by atoms with Gasteiger partial charge in [0.2, 0.25) is 0 Å². The summed E-state index contributed by atoms with van der Waals surface area (Å²) in [4.78, 5) is 14.6. The number of furan rings is 1. The van der Waals surface area contributed by atoms with Crippen LogP contribution in [0.2, 0.25) is 0 Å². The van der Waals surface area contributed by atoms with E-state index in [-0.39, 0.29) is 16.4 Å². The highest BCUT2D eigenvalue weighted by molar-refractivity contribution is 7.90. The van der Waals surface area contributed by atoms with E-state index in [4.69, 9.17) is 9.15 Å². The average molecular weight is 429 g/mol. The number of hydrogen-bond acceptors (Lipinski definition) is 6. The van der Waals surface area contributed by atoms with Crippen molar-refractivity contribution in [3.63, 3.8) is 0 Å². The number of ether oxygens (including phenoxy) is 1. The predicted molar refractivity (Wildman–Crippen MR) is 115 cm³/mol. The summed E-state index contributed by atoms with van der Waals surface area (Å²) in [6.45, 7) is 2.09. The van der Waals surface area contributed by atoms with Crippen LogP contribution in [0.15, 0.2) is 51.8 Å². The van der Waals surface area contributed by atoms with E-state index in [1.807, 2.05) is 37.2 Å². The number of carbonyl (C=O) groups excluding carboxylic acids is 1. The van der Waals surface area contributed by atoms with Crippen molar-refractivity contribution in [2.75, 3.05) is 25.6 Å². The van der Waals surface area contributed by atoms with Crippen molar-refractivity contribution in [1.29, 1.82) is 0 Å². The first-order chi connectivity index (χ1) is 14.3. The molecule has 1 aliphatic rings. The molecule has 0 radical (unpaired) electrons. The third-order valence-corrected chi connectivity index (χ3v) is 6.43. The number of amides is 1. The minimum Gasteiger partial charge on any atom is -0.492 e. The van der Waals surface area contributed by atoms with Crippen LogP contribution in [-0.4, -0.2) is 35.0 Å². The summed E-state index contributed by atoms with van der Waals surface area (Å²) in [6.07, 6.45) is 2.07. The second kappa shape index (κ2) is 7.68. The number of rotatable bonds is 7. The van der Waals surface area contributed by atoms with Crippen molar-refractivity contribution in [3.8, 4) is 5.75 Å². The van der Waals surface area contributed by atoms with Gasteiger partial charge in [-0.05, 0) is 61.6 Å². The van der Waals surface area contributed by atoms with Gasteiger partial charge in [-0.1, -0.05) is 6.07 Å². The third-order valence-electron chi connectivity index (χ3n) is 5.08. The quantitative estimate of drug-likeness (QED) is 0.614. The molecule has 7 nitrogen and oxygen atoms in total. The fourth-order valence-corrected chi connectivity index (χ4v) is 4.45. The smallest absolute Gasteiger partial charge is 0.300 e. The molecular weight excluding hydrogens is 404 g/mol. The van der Waals surface area contributed by atoms with Crippen molar-refractivity contribution >= 4 is 32.6 Å². The summed E-state index contributed by atoms with van der Waals surface area (Å²) >= 11 is 0. The zero-order valence-electron chi connectivity index (χ0n) is 17.1. The molecule has 0 spiro atoms. The van der Waals surface area contributed by atoms with Gasteiger partial charge >= 0.3 is 5.91 Å². The topological polar surface area (TPSA) is 88.8 Å². The van der Waals surface area contributed by atoms with E-state index in [9.17, 15) is 13.2 Å². The summed E-state index contributed by atoms with van der Waals surface area (Å²) in [5.74, 6) is -0.299. The van der Waals surface area contributed by atoms with E-state index in [1.165, 1.54) is 6.07 Å². The molecule has 158 valence electrons. The van der Waals surface area contributed by atoms with E-state index >= 15 is 0 Å². The molecule has 1 heterocycles. The van der Waals surface area contributed by atoms with Crippen LogP contribution < -0.4 is 14.4 Å². The van der Waals surface area contributed by atoms with Crippen LogP contribution in [0.1, 0.15) is 41.8 Å². The zero-order chi connectivity index (χ0) is 21.5. The van der Waals surface area contributed by atoms with Crippen molar-refractivity contribution in [3.05, 3.63) is 53.8 Å². The Labute approximate surface area is 175 Å². The first-order valence-corrected chi connectivity index (χ1v) is 11.3. The van der Waals surface area contributed by atoms with Crippen LogP contribution in [-0.2, 0) is 10.0 Å². The first kappa shape index (κ1) is 20.3. The molecule has 1 saturated carbocycles. The van der Waals surface area contributed by atoms with E-state index in [2.05, 4.69) is 4.72 Å². The molecule has 0 saturated heterocycles. The Morgan fingerprint density at radius 2 is 1.93 bits per heavy atom. The Bertz CT molecular complexity index is 1210. The van der Waals surface area contributed by atoms with E-state index in [0.29, 0.717) is 23.5 Å². The van der Waals surface area contributed by atoms with Gasteiger partial charge in [0.15, 0.2) is 5.76 Å². The fraction of sp³-hybridized carbons (Fsp3) is 0.318. The minimum atomic E-state index is -4.14. The second-order valence-corrected chi connectivity index (χ2v) is 9.23. The van der Waals surface area contributed by atoms with Crippen LogP contribution in [0, 0.1) is 0 Å². The van der Waals surface area contributed by atoms with Gasteiger partial charge in [0.05, 0.1) is 6.61 Å². The zero-order valence-corrected chi connectivity index (χ0v) is 18.0. The lowest BCUT2D eigenvalue weighted by Gasteiger charge is -2.13. The summed E-state index contributed by atoms with van der Waals surface area (Å²) in [7, 11) is -0.343. The summed E-state index contributed by atoms with van der Waals surface area (Å²) < 4.78 is 39.2. The number of fused-ring (bicyclic) bond motifs is 1. The van der Waals surface area contributed by atoms with Gasteiger partial charge in [0, 0.05) is 31.2 Å². The maximum atomic E-state index is 13.0. The first-order valence-electron chi connectivity index (χ1n) is 9.83. The van der Waals surface area contributed by atoms with Crippen molar-refractivity contribution in [1.82, 2.24) is 4.72 Å². The number of carbonyl (C=O) groups is 1. The Hall–Kier alpha value is -3.00. The molecule has 1 amide bonds. The number of nitrogens with one attached hydrogen (secondary N) is 1. The number of sulfonamides is 1. The Morgan fingerprint density at radius 3 is 2.60 bits per heavy atom. The second-order valence-electron chi connectivity index (χ2n) is 7.58. The molecule has 30 heavy (non-hydrogen) atoms. The standard InChI is InChI=1S/C22H24N2O5S/c1-4-28-18-10-8-15(14-5-6-14)12-21(18)30(26,27)23-22(25)20-11-16-7-9-17(24(2)3)13-19(16)29-20/h7-14H,4-6H2,1-3H3,(H,23,25). The minimum absolute atomic E-state index is 0.0342. The van der Waals surface area contributed by atoms with E-state index in [1.54, 1.807) is 25.1 Å². The van der Waals surface area contributed by atoms with Gasteiger partial charge in [-0.25, -0.2) is 13.1 Å². The largest absolute Gasteiger partial charge is 0.492 e. The number of hydrogen-bond donors (Lipinski definition) is 1. The Morgan fingerprint density at radius 1 is 1.17 bits per heavy atom. The molecule has 1 aromatic heterocycles. The number of nitrogens with zero attached hydrogens (tertiary/aromatic N) is 1. The van der Waals surface area contributed by atoms with Crippen molar-refractivity contribution in [2.45, 2.75) is 30.6 Å². The van der Waals surface area contributed by atoms with Gasteiger partial charge in [0.1, 0.15) is 16.2 Å². The molecule has 1 N–H and O–H groups in total. The molecule has 4 rings (SSSR count). The van der Waals surface area contributed by atoms with Gasteiger partial charge in [0.25, 0.3) is 10.0 Å². The lowest BCUT2D eigenvalue weighted by Crippen LogP contribution is -2.30. The molecule has 1 aliphatic carbocycles. The van der Waals surface area contributed by atoms with Crippen molar-refractivity contribution in [2.24, 2.45) is 0 Å². The summed E-state index contributed by atoms with van der Waals surface area (Å²) in [6, 6.07) is 12.2. The molecule has 2 aromatic carbocycles. The number of anilines is 1. The summed E-state index contributed by atoms with van der Waals surface area (Å²) in [5, 5.41) is 0.717. The highest BCUT2D eigenvalue weighted by atomic mass is 32.2. The normalized spacial score (nSPS) is 14.0. The van der Waals surface area contributed by atoms with Gasteiger partial charge in [-0.15, -0.1) is 0 Å². The molecule has 8 heteroatoms. The van der Waals surface area contributed by atoms with E-state index < -0.39 is 15.9 Å². The SMILES string of the molecule is CCOc1ccc(C2CC2)cc1S(=O)(=O)NC(=O)c1cc2ccc(N(C)C)cc2o1. The lowest BCUT2D eigenvalue weighted by atomic mass is 10.1. The maximum absolute atomic E-state index is 13.0. The highest BCUT2D eigenvalue weighted by Crippen LogP contribution is 2.42. The third kappa shape index (κ3) is 4.00. The average Bonchev–Trinajstić information content (AvgIpc) is 3.45. The van der Waals surface area contributed by atoms with Crippen LogP contribution in [0.4, 0.5) is 5.69 Å². The van der Waals surface area contributed by atoms with Crippen LogP contribution in [0.5, 0.6) is 5.75 Å². The van der Waals surface area contributed by atoms with Gasteiger partial charge in [-0.2, -0.15) is 0 Å². The summed E-state index contributed by atoms with van der Waals surface area (Å²) in [5.41, 5.74) is 2.36. The maximum Gasteiger partial charge on any atom is 0.300 e. The number of benzene rings is 2. The molecule has 0 atom stereocenters. The highest BCUT2D eigenvalue weighted by Gasteiger charge is 2.29. The van der Waals surface area contributed by atoms with Gasteiger partial charge < -0.3 is 14.1 Å². The van der Waals surface area contributed by atoms with Gasteiger partial charge in [-0.3, -0.25) is 4.79 Å². The van der Waals surface area contributed by atoms with E-state index in [0.717, 1.165) is 24.1 Å². The molecule has 0 unspecified atom stereocenters. The monoisotopic (exact) mass is 428 g/mol. The molecule has 3 aromatic rings. The van der Waals surface area contributed by atoms with Crippen LogP contribution >= 0.6 is 0 Å². The molecule has 0 bridgehead atoms. The van der Waals surface area contributed by atoms with Crippen molar-refractivity contribution < 1.29 is 22.4 Å². The lowest BCUT2D eigenvalue weighted by molar-refractivity contribution is 0.0956. The molecular formula is C22H24N2O5S. The van der Waals surface area contributed by atoms with Crippen LogP contribution in [0.3, 0.4) is 0 Å². The predicted octanol–water partition coefficient (Wildman–Crippen LogP) is 3.89. The molecule has 1 fully saturated rings. The Kier molecular flexibility index (Phi) is 5.19. The molecule has 0 aliphatic heterocycles. The van der Waals surface area contributed by atoms with Crippen LogP contribution in [0.25, 0.3) is 11.0 Å².